The molecule has 1 N–H and O–H groups in total. The van der Waals surface area contributed by atoms with E-state index in [-0.39, 0.29) is 24.3 Å². The van der Waals surface area contributed by atoms with Crippen molar-refractivity contribution in [3.63, 3.8) is 0 Å². The number of pyridine rings is 1. The number of carbonyl (C=O) groups is 1. The first kappa shape index (κ1) is 17.6. The van der Waals surface area contributed by atoms with E-state index in [1.165, 1.54) is 0 Å². The maximum absolute atomic E-state index is 12.7. The summed E-state index contributed by atoms with van der Waals surface area (Å²) in [6, 6.07) is 5.81. The lowest BCUT2D eigenvalue weighted by atomic mass is 9.93. The second-order valence-corrected chi connectivity index (χ2v) is 6.88. The van der Waals surface area contributed by atoms with Gasteiger partial charge in [0.25, 0.3) is 0 Å². The van der Waals surface area contributed by atoms with Gasteiger partial charge in [-0.2, -0.15) is 5.10 Å². The highest BCUT2D eigenvalue weighted by Crippen LogP contribution is 2.31. The third-order valence-corrected chi connectivity index (χ3v) is 5.34. The number of hydrogen-bond acceptors (Lipinski definition) is 4. The van der Waals surface area contributed by atoms with Crippen molar-refractivity contribution < 1.29 is 9.90 Å². The Kier molecular flexibility index (Phi) is 5.18. The van der Waals surface area contributed by atoms with Crippen molar-refractivity contribution in [2.45, 2.75) is 32.6 Å². The molecule has 3 heterocycles. The van der Waals surface area contributed by atoms with E-state index in [9.17, 15) is 9.90 Å². The number of amides is 1. The first-order chi connectivity index (χ1) is 12.0. The molecule has 0 aromatic carbocycles. The number of hydrogen-bond donors (Lipinski definition) is 1. The molecule has 3 rings (SSSR count). The third-order valence-electron chi connectivity index (χ3n) is 5.34. The molecular formula is C19H26N4O2. The second-order valence-electron chi connectivity index (χ2n) is 6.88. The Morgan fingerprint density at radius 3 is 2.72 bits per heavy atom. The monoisotopic (exact) mass is 342 g/mol. The summed E-state index contributed by atoms with van der Waals surface area (Å²) in [4.78, 5) is 19.0. The standard InChI is InChI=1S/C19H26N4O2/c1-13-16(14(2)22(3)21-13)7-8-19(25)23-10-15(12-24)17(11-23)18-6-4-5-9-20-18/h4-6,9,15,17,24H,7-8,10-12H2,1-3H3/t15-,17+/m0/s1. The van der Waals surface area contributed by atoms with Gasteiger partial charge in [0.05, 0.1) is 5.69 Å². The molecule has 0 unspecified atom stereocenters. The van der Waals surface area contributed by atoms with Crippen LogP contribution >= 0.6 is 0 Å². The molecule has 25 heavy (non-hydrogen) atoms. The van der Waals surface area contributed by atoms with Crippen LogP contribution in [-0.4, -0.2) is 50.4 Å². The van der Waals surface area contributed by atoms with Crippen LogP contribution in [0.3, 0.4) is 0 Å². The molecule has 6 heteroatoms. The molecule has 0 spiro atoms. The van der Waals surface area contributed by atoms with Crippen molar-refractivity contribution in [3.8, 4) is 0 Å². The van der Waals surface area contributed by atoms with E-state index in [0.717, 1.165) is 22.6 Å². The predicted molar refractivity (Wildman–Crippen MR) is 95.1 cm³/mol. The van der Waals surface area contributed by atoms with Crippen molar-refractivity contribution in [2.24, 2.45) is 13.0 Å². The number of aromatic nitrogens is 3. The zero-order chi connectivity index (χ0) is 18.0. The van der Waals surface area contributed by atoms with Crippen molar-refractivity contribution >= 4 is 5.91 Å². The minimum atomic E-state index is 0.0562. The average molecular weight is 342 g/mol. The summed E-state index contributed by atoms with van der Waals surface area (Å²) in [5, 5.41) is 14.1. The van der Waals surface area contributed by atoms with E-state index >= 15 is 0 Å². The Balaban J connectivity index is 1.65. The summed E-state index contributed by atoms with van der Waals surface area (Å²) < 4.78 is 1.86. The minimum absolute atomic E-state index is 0.0562. The summed E-state index contributed by atoms with van der Waals surface area (Å²) in [5.41, 5.74) is 4.23. The normalized spacial score (nSPS) is 20.2. The van der Waals surface area contributed by atoms with E-state index in [1.54, 1.807) is 6.20 Å². The van der Waals surface area contributed by atoms with Crippen LogP contribution in [0.15, 0.2) is 24.4 Å². The molecule has 1 amide bonds. The zero-order valence-corrected chi connectivity index (χ0v) is 15.1. The second kappa shape index (κ2) is 7.35. The van der Waals surface area contributed by atoms with Gasteiger partial charge in [-0.1, -0.05) is 6.07 Å². The number of likely N-dealkylation sites (tertiary alicyclic amines) is 1. The number of aryl methyl sites for hydroxylation is 2. The van der Waals surface area contributed by atoms with Crippen LogP contribution in [-0.2, 0) is 18.3 Å². The minimum Gasteiger partial charge on any atom is -0.396 e. The maximum Gasteiger partial charge on any atom is 0.222 e. The van der Waals surface area contributed by atoms with E-state index in [1.807, 2.05) is 48.7 Å². The molecule has 6 nitrogen and oxygen atoms in total. The van der Waals surface area contributed by atoms with Crippen LogP contribution in [0.4, 0.5) is 0 Å². The summed E-state index contributed by atoms with van der Waals surface area (Å²) in [6.07, 6.45) is 2.95. The lowest BCUT2D eigenvalue weighted by Gasteiger charge is -2.16. The summed E-state index contributed by atoms with van der Waals surface area (Å²) in [6.45, 7) is 5.33. The van der Waals surface area contributed by atoms with Gasteiger partial charge < -0.3 is 10.0 Å². The first-order valence-corrected chi connectivity index (χ1v) is 8.80. The van der Waals surface area contributed by atoms with Gasteiger partial charge in [0.15, 0.2) is 0 Å². The number of aliphatic hydroxyl groups is 1. The summed E-state index contributed by atoms with van der Waals surface area (Å²) in [5.74, 6) is 0.303. The van der Waals surface area contributed by atoms with Gasteiger partial charge in [0, 0.05) is 62.6 Å². The highest BCUT2D eigenvalue weighted by atomic mass is 16.3. The Morgan fingerprint density at radius 1 is 1.32 bits per heavy atom. The summed E-state index contributed by atoms with van der Waals surface area (Å²) in [7, 11) is 1.93. The topological polar surface area (TPSA) is 71.2 Å². The molecule has 2 atom stereocenters. The van der Waals surface area contributed by atoms with Gasteiger partial charge in [-0.15, -0.1) is 0 Å². The first-order valence-electron chi connectivity index (χ1n) is 8.80. The van der Waals surface area contributed by atoms with Crippen molar-refractivity contribution in [1.82, 2.24) is 19.7 Å². The Labute approximate surface area is 148 Å². The SMILES string of the molecule is Cc1nn(C)c(C)c1CCC(=O)N1C[C@@H](CO)[C@H](c2ccccn2)C1. The highest BCUT2D eigenvalue weighted by molar-refractivity contribution is 5.77. The molecule has 1 aliphatic heterocycles. The smallest absolute Gasteiger partial charge is 0.222 e. The van der Waals surface area contributed by atoms with Crippen LogP contribution in [0.1, 0.15) is 35.0 Å². The van der Waals surface area contributed by atoms with Crippen LogP contribution < -0.4 is 0 Å². The van der Waals surface area contributed by atoms with Crippen LogP contribution in [0.5, 0.6) is 0 Å². The van der Waals surface area contributed by atoms with Crippen LogP contribution in [0, 0.1) is 19.8 Å². The van der Waals surface area contributed by atoms with Crippen LogP contribution in [0.2, 0.25) is 0 Å². The molecule has 2 aromatic rings. The van der Waals surface area contributed by atoms with Crippen molar-refractivity contribution in [3.05, 3.63) is 47.0 Å². The van der Waals surface area contributed by atoms with Crippen LogP contribution in [0.25, 0.3) is 0 Å². The van der Waals surface area contributed by atoms with Gasteiger partial charge in [-0.05, 0) is 38.0 Å². The number of nitrogens with zero attached hydrogens (tertiary/aromatic N) is 4. The van der Waals surface area contributed by atoms with E-state index in [4.69, 9.17) is 0 Å². The molecular weight excluding hydrogens is 316 g/mol. The molecule has 2 aromatic heterocycles. The fourth-order valence-electron chi connectivity index (χ4n) is 3.76. The van der Waals surface area contributed by atoms with Gasteiger partial charge in [0.1, 0.15) is 0 Å². The van der Waals surface area contributed by atoms with Crippen molar-refractivity contribution in [2.75, 3.05) is 19.7 Å². The average Bonchev–Trinajstić information content (AvgIpc) is 3.16. The van der Waals surface area contributed by atoms with Crippen molar-refractivity contribution in [1.29, 1.82) is 0 Å². The van der Waals surface area contributed by atoms with Gasteiger partial charge in [-0.25, -0.2) is 0 Å². The lowest BCUT2D eigenvalue weighted by molar-refractivity contribution is -0.130. The van der Waals surface area contributed by atoms with E-state index in [2.05, 4.69) is 10.1 Å². The molecule has 0 saturated carbocycles. The fraction of sp³-hybridized carbons (Fsp3) is 0.526. The quantitative estimate of drug-likeness (QED) is 0.896. The Hall–Kier alpha value is -2.21. The Morgan fingerprint density at radius 2 is 2.12 bits per heavy atom. The number of rotatable bonds is 5. The summed E-state index contributed by atoms with van der Waals surface area (Å²) >= 11 is 0. The van der Waals surface area contributed by atoms with Gasteiger partial charge >= 0.3 is 0 Å². The molecule has 1 fully saturated rings. The van der Waals surface area contributed by atoms with Gasteiger partial charge in [0.2, 0.25) is 5.91 Å². The fourth-order valence-corrected chi connectivity index (χ4v) is 3.76. The zero-order valence-electron chi connectivity index (χ0n) is 15.1. The van der Waals surface area contributed by atoms with E-state index in [0.29, 0.717) is 25.9 Å². The molecule has 0 radical (unpaired) electrons. The Bertz CT molecular complexity index is 741. The number of carbonyl (C=O) groups excluding carboxylic acids is 1. The third kappa shape index (κ3) is 3.58. The molecule has 0 aliphatic carbocycles. The molecule has 1 aliphatic rings. The highest BCUT2D eigenvalue weighted by Gasteiger charge is 2.36. The largest absolute Gasteiger partial charge is 0.396 e. The number of aliphatic hydroxyl groups excluding tert-OH is 1. The molecule has 134 valence electrons. The predicted octanol–water partition coefficient (Wildman–Crippen LogP) is 1.60. The molecule has 0 bridgehead atoms. The van der Waals surface area contributed by atoms with Gasteiger partial charge in [-0.3, -0.25) is 14.5 Å². The molecule has 1 saturated heterocycles. The van der Waals surface area contributed by atoms with E-state index < -0.39 is 0 Å². The lowest BCUT2D eigenvalue weighted by Crippen LogP contribution is -2.29. The maximum atomic E-state index is 12.7.